The Labute approximate surface area is 76.8 Å². The van der Waals surface area contributed by atoms with Crippen molar-refractivity contribution >= 4 is 17.7 Å². The van der Waals surface area contributed by atoms with Gasteiger partial charge in [0.2, 0.25) is 0 Å². The van der Waals surface area contributed by atoms with Crippen molar-refractivity contribution in [1.29, 1.82) is 0 Å². The molecule has 1 aromatic carbocycles. The second-order valence-electron chi connectivity index (χ2n) is 3.03. The van der Waals surface area contributed by atoms with Gasteiger partial charge in [-0.25, -0.2) is 0 Å². The number of hydrogen-bond acceptors (Lipinski definition) is 1. The van der Waals surface area contributed by atoms with Gasteiger partial charge in [-0.2, -0.15) is 0 Å². The third-order valence-corrected chi connectivity index (χ3v) is 2.38. The van der Waals surface area contributed by atoms with Crippen LogP contribution < -0.4 is 5.73 Å². The topological polar surface area (TPSA) is 26.0 Å². The largest absolute Gasteiger partial charge is 0.327 e. The Hall–Kier alpha value is -0.790. The molecule has 0 amide bonds. The van der Waals surface area contributed by atoms with Crippen LogP contribution in [0.4, 0.5) is 0 Å². The van der Waals surface area contributed by atoms with Crippen molar-refractivity contribution in [2.75, 3.05) is 6.54 Å². The van der Waals surface area contributed by atoms with Gasteiger partial charge in [0, 0.05) is 11.6 Å². The number of hydrogen-bond donors (Lipinski definition) is 1. The van der Waals surface area contributed by atoms with Gasteiger partial charge in [0.25, 0.3) is 0 Å². The monoisotopic (exact) mass is 179 g/mol. The van der Waals surface area contributed by atoms with Crippen LogP contribution >= 0.6 is 11.6 Å². The summed E-state index contributed by atoms with van der Waals surface area (Å²) < 4.78 is 0. The Kier molecular flexibility index (Phi) is 1.91. The molecule has 0 saturated carbocycles. The number of fused-ring (bicyclic) bond motifs is 1. The minimum Gasteiger partial charge on any atom is -0.327 e. The maximum absolute atomic E-state index is 5.86. The first-order valence-electron chi connectivity index (χ1n) is 3.97. The third kappa shape index (κ3) is 1.26. The summed E-state index contributed by atoms with van der Waals surface area (Å²) in [6, 6.07) is 5.97. The fraction of sp³-hybridized carbons (Fsp3) is 0.200. The molecule has 0 spiro atoms. The Balaban J connectivity index is 2.40. The first-order valence-corrected chi connectivity index (χ1v) is 4.35. The van der Waals surface area contributed by atoms with Gasteiger partial charge in [0.1, 0.15) is 0 Å². The number of benzene rings is 1. The van der Waals surface area contributed by atoms with Gasteiger partial charge in [0.15, 0.2) is 0 Å². The minimum absolute atomic E-state index is 0.645. The fourth-order valence-corrected chi connectivity index (χ4v) is 1.71. The molecule has 12 heavy (non-hydrogen) atoms. The summed E-state index contributed by atoms with van der Waals surface area (Å²) in [4.78, 5) is 0. The van der Waals surface area contributed by atoms with E-state index < -0.39 is 0 Å². The summed E-state index contributed by atoms with van der Waals surface area (Å²) in [6.07, 6.45) is 3.11. The second kappa shape index (κ2) is 2.92. The molecule has 0 aromatic heterocycles. The van der Waals surface area contributed by atoms with Crippen molar-refractivity contribution in [1.82, 2.24) is 0 Å². The first-order chi connectivity index (χ1) is 5.79. The van der Waals surface area contributed by atoms with Gasteiger partial charge in [-0.05, 0) is 29.7 Å². The quantitative estimate of drug-likeness (QED) is 0.703. The summed E-state index contributed by atoms with van der Waals surface area (Å²) in [7, 11) is 0. The van der Waals surface area contributed by atoms with Crippen molar-refractivity contribution in [3.05, 3.63) is 39.9 Å². The lowest BCUT2D eigenvalue weighted by Gasteiger charge is -1.98. The predicted molar refractivity (Wildman–Crippen MR) is 52.2 cm³/mol. The molecule has 62 valence electrons. The summed E-state index contributed by atoms with van der Waals surface area (Å²) in [6.45, 7) is 0.645. The second-order valence-corrected chi connectivity index (χ2v) is 3.46. The molecule has 2 rings (SSSR count). The molecule has 0 fully saturated rings. The van der Waals surface area contributed by atoms with E-state index in [1.54, 1.807) is 0 Å². The first kappa shape index (κ1) is 7.84. The lowest BCUT2D eigenvalue weighted by molar-refractivity contribution is 1.07. The smallest absolute Gasteiger partial charge is 0.0409 e. The van der Waals surface area contributed by atoms with Crippen molar-refractivity contribution in [2.45, 2.75) is 6.42 Å². The molecule has 2 heteroatoms. The van der Waals surface area contributed by atoms with Crippen LogP contribution in [0.15, 0.2) is 23.8 Å². The highest BCUT2D eigenvalue weighted by atomic mass is 35.5. The van der Waals surface area contributed by atoms with E-state index in [0.717, 1.165) is 11.4 Å². The van der Waals surface area contributed by atoms with Crippen LogP contribution in [-0.2, 0) is 6.42 Å². The molecule has 1 aliphatic carbocycles. The van der Waals surface area contributed by atoms with Crippen molar-refractivity contribution < 1.29 is 0 Å². The zero-order valence-corrected chi connectivity index (χ0v) is 7.43. The van der Waals surface area contributed by atoms with E-state index in [9.17, 15) is 0 Å². The maximum atomic E-state index is 5.86. The molecule has 1 nitrogen and oxygen atoms in total. The summed E-state index contributed by atoms with van der Waals surface area (Å²) in [5, 5.41) is 0.806. The van der Waals surface area contributed by atoms with Gasteiger partial charge < -0.3 is 5.73 Å². The van der Waals surface area contributed by atoms with E-state index in [1.165, 1.54) is 16.7 Å². The minimum atomic E-state index is 0.645. The Morgan fingerprint density at radius 1 is 1.42 bits per heavy atom. The van der Waals surface area contributed by atoms with Crippen LogP contribution in [0.3, 0.4) is 0 Å². The molecule has 1 aliphatic rings. The van der Waals surface area contributed by atoms with E-state index in [2.05, 4.69) is 6.08 Å². The average Bonchev–Trinajstić information content (AvgIpc) is 2.46. The van der Waals surface area contributed by atoms with Crippen LogP contribution in [0, 0.1) is 0 Å². The number of halogens is 1. The zero-order chi connectivity index (χ0) is 8.55. The molecular weight excluding hydrogens is 170 g/mol. The predicted octanol–water partition coefficient (Wildman–Crippen LogP) is 2.24. The molecule has 0 saturated heterocycles. The Bertz CT molecular complexity index is 342. The molecule has 0 bridgehead atoms. The maximum Gasteiger partial charge on any atom is 0.0409 e. The lowest BCUT2D eigenvalue weighted by Crippen LogP contribution is -2.02. The van der Waals surface area contributed by atoms with Gasteiger partial charge in [-0.3, -0.25) is 0 Å². The van der Waals surface area contributed by atoms with Crippen LogP contribution in [-0.4, -0.2) is 6.54 Å². The van der Waals surface area contributed by atoms with Crippen molar-refractivity contribution in [3.63, 3.8) is 0 Å². The molecule has 0 unspecified atom stereocenters. The van der Waals surface area contributed by atoms with Crippen LogP contribution in [0.2, 0.25) is 5.02 Å². The van der Waals surface area contributed by atoms with Crippen LogP contribution in [0.5, 0.6) is 0 Å². The zero-order valence-electron chi connectivity index (χ0n) is 6.68. The molecule has 0 heterocycles. The van der Waals surface area contributed by atoms with Gasteiger partial charge in [-0.15, -0.1) is 0 Å². The highest BCUT2D eigenvalue weighted by molar-refractivity contribution is 6.30. The van der Waals surface area contributed by atoms with Crippen molar-refractivity contribution in [3.8, 4) is 0 Å². The van der Waals surface area contributed by atoms with E-state index in [4.69, 9.17) is 17.3 Å². The molecule has 1 aromatic rings. The fourth-order valence-electron chi connectivity index (χ4n) is 1.51. The summed E-state index contributed by atoms with van der Waals surface area (Å²) in [5.41, 5.74) is 9.39. The van der Waals surface area contributed by atoms with E-state index in [1.807, 2.05) is 18.2 Å². The Morgan fingerprint density at radius 2 is 2.25 bits per heavy atom. The standard InChI is InChI=1S/C10H10ClN/c11-10-2-1-8-3-7(6-12)4-9(8)5-10/h1-3,5H,4,6,12H2. The average molecular weight is 180 g/mol. The third-order valence-electron chi connectivity index (χ3n) is 2.14. The highest BCUT2D eigenvalue weighted by Crippen LogP contribution is 2.26. The molecule has 0 atom stereocenters. The van der Waals surface area contributed by atoms with E-state index >= 15 is 0 Å². The van der Waals surface area contributed by atoms with Gasteiger partial charge in [-0.1, -0.05) is 29.3 Å². The van der Waals surface area contributed by atoms with Crippen LogP contribution in [0.1, 0.15) is 11.1 Å². The summed E-state index contributed by atoms with van der Waals surface area (Å²) >= 11 is 5.86. The SMILES string of the molecule is NCC1=Cc2ccc(Cl)cc2C1. The van der Waals surface area contributed by atoms with Gasteiger partial charge >= 0.3 is 0 Å². The highest BCUT2D eigenvalue weighted by Gasteiger charge is 2.10. The Morgan fingerprint density at radius 3 is 3.00 bits per heavy atom. The molecular formula is C10H10ClN. The lowest BCUT2D eigenvalue weighted by atomic mass is 10.1. The molecule has 0 radical (unpaired) electrons. The number of nitrogens with two attached hydrogens (primary N) is 1. The van der Waals surface area contributed by atoms with Gasteiger partial charge in [0.05, 0.1) is 0 Å². The molecule has 2 N–H and O–H groups in total. The van der Waals surface area contributed by atoms with Crippen molar-refractivity contribution in [2.24, 2.45) is 5.73 Å². The van der Waals surface area contributed by atoms with E-state index in [-0.39, 0.29) is 0 Å². The summed E-state index contributed by atoms with van der Waals surface area (Å²) in [5.74, 6) is 0. The number of rotatable bonds is 1. The normalized spacial score (nSPS) is 14.3. The van der Waals surface area contributed by atoms with Crippen LogP contribution in [0.25, 0.3) is 6.08 Å². The van der Waals surface area contributed by atoms with E-state index in [0.29, 0.717) is 6.54 Å². The molecule has 0 aliphatic heterocycles.